The Morgan fingerprint density at radius 1 is 1.43 bits per heavy atom. The van der Waals surface area contributed by atoms with Gasteiger partial charge in [-0.1, -0.05) is 35.9 Å². The molecule has 0 amide bonds. The molecule has 2 rings (SSSR count). The highest BCUT2D eigenvalue weighted by atomic mass is 79.9. The topological polar surface area (TPSA) is 41.9 Å². The van der Waals surface area contributed by atoms with Crippen molar-refractivity contribution in [1.29, 1.82) is 0 Å². The Morgan fingerprint density at radius 2 is 2.14 bits per heavy atom. The van der Waals surface area contributed by atoms with Crippen molar-refractivity contribution in [2.75, 3.05) is 11.9 Å². The van der Waals surface area contributed by atoms with E-state index < -0.39 is 0 Å². The molecule has 0 aliphatic carbocycles. The van der Waals surface area contributed by atoms with E-state index in [4.69, 9.17) is 12.2 Å². The molecule has 2 N–H and O–H groups in total. The van der Waals surface area contributed by atoms with Crippen LogP contribution in [0.25, 0.3) is 0 Å². The SMILES string of the molecule is C=CCNC(=S)Nc1nn(Cc2ccc(C)cc2)cc1Br. The largest absolute Gasteiger partial charge is 0.359 e. The maximum atomic E-state index is 5.17. The van der Waals surface area contributed by atoms with Crippen molar-refractivity contribution in [3.05, 3.63) is 58.7 Å². The van der Waals surface area contributed by atoms with Gasteiger partial charge < -0.3 is 10.6 Å². The molecular weight excluding hydrogens is 348 g/mol. The predicted molar refractivity (Wildman–Crippen MR) is 94.6 cm³/mol. The molecule has 1 aromatic heterocycles. The summed E-state index contributed by atoms with van der Waals surface area (Å²) in [4.78, 5) is 0. The monoisotopic (exact) mass is 364 g/mol. The van der Waals surface area contributed by atoms with Crippen LogP contribution < -0.4 is 10.6 Å². The van der Waals surface area contributed by atoms with Crippen molar-refractivity contribution < 1.29 is 0 Å². The number of aryl methyl sites for hydroxylation is 1. The highest BCUT2D eigenvalue weighted by Gasteiger charge is 2.08. The molecule has 2 aromatic rings. The molecule has 0 atom stereocenters. The Hall–Kier alpha value is -1.66. The van der Waals surface area contributed by atoms with Crippen LogP contribution in [-0.4, -0.2) is 21.4 Å². The first-order valence-electron chi connectivity index (χ1n) is 6.52. The smallest absolute Gasteiger partial charge is 0.172 e. The van der Waals surface area contributed by atoms with E-state index in [1.165, 1.54) is 11.1 Å². The summed E-state index contributed by atoms with van der Waals surface area (Å²) >= 11 is 8.66. The van der Waals surface area contributed by atoms with E-state index in [2.05, 4.69) is 69.4 Å². The van der Waals surface area contributed by atoms with Gasteiger partial charge in [-0.2, -0.15) is 5.10 Å². The predicted octanol–water partition coefficient (Wildman–Crippen LogP) is 3.47. The highest BCUT2D eigenvalue weighted by Crippen LogP contribution is 2.20. The van der Waals surface area contributed by atoms with Crippen LogP contribution in [0.1, 0.15) is 11.1 Å². The third-order valence-electron chi connectivity index (χ3n) is 2.82. The van der Waals surface area contributed by atoms with Crippen molar-refractivity contribution in [3.63, 3.8) is 0 Å². The molecular formula is C15H17BrN4S. The molecule has 0 aliphatic heterocycles. The third-order valence-corrected chi connectivity index (χ3v) is 3.65. The lowest BCUT2D eigenvalue weighted by Crippen LogP contribution is -2.28. The first-order chi connectivity index (χ1) is 10.1. The Kier molecular flexibility index (Phi) is 5.52. The van der Waals surface area contributed by atoms with Crippen LogP contribution >= 0.6 is 28.1 Å². The number of halogens is 1. The Labute approximate surface area is 138 Å². The third kappa shape index (κ3) is 4.68. The Morgan fingerprint density at radius 3 is 2.81 bits per heavy atom. The van der Waals surface area contributed by atoms with Gasteiger partial charge in [0.1, 0.15) is 0 Å². The average Bonchev–Trinajstić information content (AvgIpc) is 2.79. The summed E-state index contributed by atoms with van der Waals surface area (Å²) in [5.41, 5.74) is 2.45. The number of aromatic nitrogens is 2. The average molecular weight is 365 g/mol. The molecule has 0 unspecified atom stereocenters. The molecule has 0 fully saturated rings. The molecule has 1 heterocycles. The van der Waals surface area contributed by atoms with Gasteiger partial charge in [-0.15, -0.1) is 6.58 Å². The van der Waals surface area contributed by atoms with Crippen molar-refractivity contribution in [1.82, 2.24) is 15.1 Å². The number of nitrogens with one attached hydrogen (secondary N) is 2. The first kappa shape index (κ1) is 15.7. The second kappa shape index (κ2) is 7.38. The van der Waals surface area contributed by atoms with Crippen molar-refractivity contribution in [2.45, 2.75) is 13.5 Å². The van der Waals surface area contributed by atoms with Crippen molar-refractivity contribution in [3.8, 4) is 0 Å². The summed E-state index contributed by atoms with van der Waals surface area (Å²) in [5, 5.41) is 11.1. The lowest BCUT2D eigenvalue weighted by atomic mass is 10.1. The second-order valence-electron chi connectivity index (χ2n) is 4.63. The molecule has 110 valence electrons. The van der Waals surface area contributed by atoms with Gasteiger partial charge in [0.2, 0.25) is 0 Å². The lowest BCUT2D eigenvalue weighted by Gasteiger charge is -2.06. The molecule has 21 heavy (non-hydrogen) atoms. The van der Waals surface area contributed by atoms with E-state index in [0.29, 0.717) is 24.0 Å². The summed E-state index contributed by atoms with van der Waals surface area (Å²) in [7, 11) is 0. The minimum Gasteiger partial charge on any atom is -0.359 e. The van der Waals surface area contributed by atoms with E-state index in [1.807, 2.05) is 10.9 Å². The zero-order chi connectivity index (χ0) is 15.2. The fraction of sp³-hybridized carbons (Fsp3) is 0.200. The van der Waals surface area contributed by atoms with Crippen molar-refractivity contribution >= 4 is 39.1 Å². The van der Waals surface area contributed by atoms with Gasteiger partial charge >= 0.3 is 0 Å². The van der Waals surface area contributed by atoms with E-state index >= 15 is 0 Å². The van der Waals surface area contributed by atoms with Crippen LogP contribution in [0, 0.1) is 6.92 Å². The summed E-state index contributed by atoms with van der Waals surface area (Å²) in [6, 6.07) is 8.41. The van der Waals surface area contributed by atoms with Gasteiger partial charge in [-0.25, -0.2) is 0 Å². The van der Waals surface area contributed by atoms with E-state index in [-0.39, 0.29) is 0 Å². The van der Waals surface area contributed by atoms with Gasteiger partial charge in [0.25, 0.3) is 0 Å². The first-order valence-corrected chi connectivity index (χ1v) is 7.73. The van der Waals surface area contributed by atoms with Gasteiger partial charge in [-0.05, 0) is 40.6 Å². The summed E-state index contributed by atoms with van der Waals surface area (Å²) < 4.78 is 2.74. The van der Waals surface area contributed by atoms with Crippen LogP contribution in [-0.2, 0) is 6.54 Å². The molecule has 4 nitrogen and oxygen atoms in total. The minimum atomic E-state index is 0.524. The molecule has 6 heteroatoms. The molecule has 1 aromatic carbocycles. The van der Waals surface area contributed by atoms with Gasteiger partial charge in [0, 0.05) is 12.7 Å². The summed E-state index contributed by atoms with van der Waals surface area (Å²) in [6.07, 6.45) is 3.68. The van der Waals surface area contributed by atoms with Crippen LogP contribution in [0.2, 0.25) is 0 Å². The maximum Gasteiger partial charge on any atom is 0.172 e. The summed E-state index contributed by atoms with van der Waals surface area (Å²) in [5.74, 6) is 0.698. The van der Waals surface area contributed by atoms with Gasteiger partial charge in [-0.3, -0.25) is 4.68 Å². The van der Waals surface area contributed by atoms with Crippen molar-refractivity contribution in [2.24, 2.45) is 0 Å². The zero-order valence-electron chi connectivity index (χ0n) is 11.8. The Balaban J connectivity index is 2.03. The van der Waals surface area contributed by atoms with Crippen LogP contribution in [0.3, 0.4) is 0 Å². The molecule has 0 saturated carbocycles. The van der Waals surface area contributed by atoms with Crippen LogP contribution in [0.15, 0.2) is 47.6 Å². The summed E-state index contributed by atoms with van der Waals surface area (Å²) in [6.45, 7) is 7.05. The number of rotatable bonds is 5. The maximum absolute atomic E-state index is 5.17. The second-order valence-corrected chi connectivity index (χ2v) is 5.90. The molecule has 0 bridgehead atoms. The number of hydrogen-bond acceptors (Lipinski definition) is 2. The number of anilines is 1. The molecule has 0 spiro atoms. The standard InChI is InChI=1S/C15H17BrN4S/c1-3-8-17-15(21)18-14-13(16)10-20(19-14)9-12-6-4-11(2)5-7-12/h3-7,10H,1,8-9H2,2H3,(H2,17,18,19,21). The number of hydrogen-bond donors (Lipinski definition) is 2. The van der Waals surface area contributed by atoms with E-state index in [0.717, 1.165) is 4.47 Å². The Bertz CT molecular complexity index is 634. The molecule has 0 radical (unpaired) electrons. The van der Waals surface area contributed by atoms with Gasteiger partial charge in [0.05, 0.1) is 11.0 Å². The quantitative estimate of drug-likeness (QED) is 0.629. The molecule has 0 saturated heterocycles. The van der Waals surface area contributed by atoms with Crippen LogP contribution in [0.5, 0.6) is 0 Å². The van der Waals surface area contributed by atoms with E-state index in [9.17, 15) is 0 Å². The van der Waals surface area contributed by atoms with Gasteiger partial charge in [0.15, 0.2) is 10.9 Å². The lowest BCUT2D eigenvalue weighted by molar-refractivity contribution is 0.689. The zero-order valence-corrected chi connectivity index (χ0v) is 14.2. The number of nitrogens with zero attached hydrogens (tertiary/aromatic N) is 2. The minimum absolute atomic E-state index is 0.524. The number of benzene rings is 1. The molecule has 0 aliphatic rings. The highest BCUT2D eigenvalue weighted by molar-refractivity contribution is 9.10. The van der Waals surface area contributed by atoms with E-state index in [1.54, 1.807) is 6.08 Å². The fourth-order valence-corrected chi connectivity index (χ4v) is 2.35. The number of thiocarbonyl (C=S) groups is 1. The normalized spacial score (nSPS) is 10.2. The fourth-order valence-electron chi connectivity index (χ4n) is 1.76. The van der Waals surface area contributed by atoms with Crippen LogP contribution in [0.4, 0.5) is 5.82 Å².